The quantitative estimate of drug-likeness (QED) is 0.916. The normalized spacial score (nSPS) is 21.7. The van der Waals surface area contributed by atoms with Crippen LogP contribution in [0.1, 0.15) is 36.0 Å². The Hall–Kier alpha value is -1.95. The Kier molecular flexibility index (Phi) is 5.45. The second-order valence-corrected chi connectivity index (χ2v) is 6.45. The lowest BCUT2D eigenvalue weighted by atomic mass is 9.95. The van der Waals surface area contributed by atoms with Gasteiger partial charge in [-0.15, -0.1) is 0 Å². The minimum absolute atomic E-state index is 0.0522. The van der Waals surface area contributed by atoms with Crippen LogP contribution in [0.5, 0.6) is 0 Å². The molecular weight excluding hydrogens is 311 g/mol. The van der Waals surface area contributed by atoms with Gasteiger partial charge < -0.3 is 15.0 Å². The molecule has 2 aliphatic heterocycles. The fraction of sp³-hybridized carbons (Fsp3) is 0.556. The van der Waals surface area contributed by atoms with E-state index in [4.69, 9.17) is 4.74 Å². The molecule has 130 valence electrons. The Bertz CT molecular complexity index is 576. The average Bonchev–Trinajstić information content (AvgIpc) is 3.13. The molecule has 6 heteroatoms. The van der Waals surface area contributed by atoms with Crippen molar-refractivity contribution in [3.63, 3.8) is 0 Å². The van der Waals surface area contributed by atoms with E-state index in [0.29, 0.717) is 38.0 Å². The molecule has 0 saturated carbocycles. The van der Waals surface area contributed by atoms with Crippen molar-refractivity contribution in [1.29, 1.82) is 0 Å². The van der Waals surface area contributed by atoms with Crippen molar-refractivity contribution in [3.05, 3.63) is 35.6 Å². The summed E-state index contributed by atoms with van der Waals surface area (Å²) in [6.07, 6.45) is 3.53. The standard InChI is InChI=1S/C18H23FN2O3/c19-15-5-3-14(4-6-15)18(23)21-9-7-13(8-10-21)17(22)20-12-16-2-1-11-24-16/h3-6,13,16H,1-2,7-12H2,(H,20,22)/t16-/m1/s1. The molecule has 2 fully saturated rings. The van der Waals surface area contributed by atoms with Crippen LogP contribution in [0.25, 0.3) is 0 Å². The number of carbonyl (C=O) groups excluding carboxylic acids is 2. The zero-order chi connectivity index (χ0) is 16.9. The predicted molar refractivity (Wildman–Crippen MR) is 87.0 cm³/mol. The minimum atomic E-state index is -0.354. The van der Waals surface area contributed by atoms with Crippen molar-refractivity contribution < 1.29 is 18.7 Å². The van der Waals surface area contributed by atoms with Crippen LogP contribution in [-0.4, -0.2) is 49.1 Å². The van der Waals surface area contributed by atoms with Crippen LogP contribution in [0.15, 0.2) is 24.3 Å². The molecule has 2 heterocycles. The molecule has 1 atom stereocenters. The molecule has 1 aromatic rings. The Balaban J connectivity index is 1.45. The number of piperidine rings is 1. The van der Waals surface area contributed by atoms with Crippen LogP contribution >= 0.6 is 0 Å². The van der Waals surface area contributed by atoms with E-state index in [0.717, 1.165) is 19.4 Å². The molecule has 5 nitrogen and oxygen atoms in total. The van der Waals surface area contributed by atoms with Crippen LogP contribution in [0.2, 0.25) is 0 Å². The third-order valence-corrected chi connectivity index (χ3v) is 4.77. The number of halogens is 1. The van der Waals surface area contributed by atoms with Crippen LogP contribution in [-0.2, 0) is 9.53 Å². The van der Waals surface area contributed by atoms with E-state index >= 15 is 0 Å². The number of carbonyl (C=O) groups is 2. The van der Waals surface area contributed by atoms with Gasteiger partial charge in [-0.1, -0.05) is 0 Å². The highest BCUT2D eigenvalue weighted by atomic mass is 19.1. The van der Waals surface area contributed by atoms with E-state index in [1.807, 2.05) is 0 Å². The second kappa shape index (κ2) is 7.75. The Labute approximate surface area is 141 Å². The molecule has 0 spiro atoms. The van der Waals surface area contributed by atoms with Crippen molar-refractivity contribution in [2.45, 2.75) is 31.8 Å². The van der Waals surface area contributed by atoms with Crippen molar-refractivity contribution >= 4 is 11.8 Å². The van der Waals surface area contributed by atoms with Crippen molar-refractivity contribution in [3.8, 4) is 0 Å². The molecule has 0 aliphatic carbocycles. The maximum atomic E-state index is 12.9. The number of nitrogens with one attached hydrogen (secondary N) is 1. The van der Waals surface area contributed by atoms with Gasteiger partial charge >= 0.3 is 0 Å². The number of likely N-dealkylation sites (tertiary alicyclic amines) is 1. The molecule has 0 aromatic heterocycles. The largest absolute Gasteiger partial charge is 0.376 e. The third kappa shape index (κ3) is 4.12. The average molecular weight is 334 g/mol. The number of amides is 2. The number of hydrogen-bond acceptors (Lipinski definition) is 3. The number of hydrogen-bond donors (Lipinski definition) is 1. The van der Waals surface area contributed by atoms with Crippen molar-refractivity contribution in [2.24, 2.45) is 5.92 Å². The van der Waals surface area contributed by atoms with Crippen molar-refractivity contribution in [1.82, 2.24) is 10.2 Å². The highest BCUT2D eigenvalue weighted by molar-refractivity contribution is 5.94. The first kappa shape index (κ1) is 16.9. The summed E-state index contributed by atoms with van der Waals surface area (Å²) >= 11 is 0. The summed E-state index contributed by atoms with van der Waals surface area (Å²) in [7, 11) is 0. The molecule has 0 bridgehead atoms. The van der Waals surface area contributed by atoms with E-state index in [-0.39, 0.29) is 29.7 Å². The molecule has 0 radical (unpaired) electrons. The summed E-state index contributed by atoms with van der Waals surface area (Å²) in [5.74, 6) is -0.454. The monoisotopic (exact) mass is 334 g/mol. The van der Waals surface area contributed by atoms with Crippen LogP contribution < -0.4 is 5.32 Å². The molecular formula is C18H23FN2O3. The van der Waals surface area contributed by atoms with E-state index in [1.54, 1.807) is 4.90 Å². The molecule has 2 amide bonds. The summed E-state index contributed by atoms with van der Waals surface area (Å²) in [6, 6.07) is 5.58. The summed E-state index contributed by atoms with van der Waals surface area (Å²) in [6.45, 7) is 2.46. The summed E-state index contributed by atoms with van der Waals surface area (Å²) in [5.41, 5.74) is 0.484. The lowest BCUT2D eigenvalue weighted by molar-refractivity contribution is -0.126. The fourth-order valence-electron chi connectivity index (χ4n) is 3.28. The number of benzene rings is 1. The van der Waals surface area contributed by atoms with E-state index in [9.17, 15) is 14.0 Å². The number of ether oxygens (including phenoxy) is 1. The van der Waals surface area contributed by atoms with E-state index < -0.39 is 0 Å². The molecule has 2 saturated heterocycles. The van der Waals surface area contributed by atoms with Gasteiger partial charge in [0.05, 0.1) is 6.10 Å². The van der Waals surface area contributed by atoms with Crippen LogP contribution in [0.3, 0.4) is 0 Å². The van der Waals surface area contributed by atoms with Gasteiger partial charge in [-0.05, 0) is 49.9 Å². The first-order valence-corrected chi connectivity index (χ1v) is 8.57. The molecule has 2 aliphatic rings. The van der Waals surface area contributed by atoms with Gasteiger partial charge in [0.1, 0.15) is 5.82 Å². The summed E-state index contributed by atoms with van der Waals surface area (Å²) in [4.78, 5) is 26.3. The van der Waals surface area contributed by atoms with E-state index in [2.05, 4.69) is 5.32 Å². The molecule has 1 N–H and O–H groups in total. The van der Waals surface area contributed by atoms with Gasteiger partial charge in [-0.3, -0.25) is 9.59 Å². The van der Waals surface area contributed by atoms with Gasteiger partial charge in [0.2, 0.25) is 5.91 Å². The molecule has 1 aromatic carbocycles. The van der Waals surface area contributed by atoms with Crippen molar-refractivity contribution in [2.75, 3.05) is 26.2 Å². The molecule has 0 unspecified atom stereocenters. The van der Waals surface area contributed by atoms with E-state index in [1.165, 1.54) is 24.3 Å². The topological polar surface area (TPSA) is 58.6 Å². The highest BCUT2D eigenvalue weighted by Crippen LogP contribution is 2.20. The summed E-state index contributed by atoms with van der Waals surface area (Å²) in [5, 5.41) is 2.97. The van der Waals surface area contributed by atoms with Gasteiger partial charge in [0.25, 0.3) is 5.91 Å². The second-order valence-electron chi connectivity index (χ2n) is 6.45. The number of nitrogens with zero attached hydrogens (tertiary/aromatic N) is 1. The minimum Gasteiger partial charge on any atom is -0.376 e. The summed E-state index contributed by atoms with van der Waals surface area (Å²) < 4.78 is 18.4. The van der Waals surface area contributed by atoms with Gasteiger partial charge in [-0.2, -0.15) is 0 Å². The first-order chi connectivity index (χ1) is 11.6. The fourth-order valence-corrected chi connectivity index (χ4v) is 3.28. The molecule has 3 rings (SSSR count). The predicted octanol–water partition coefficient (Wildman–Crippen LogP) is 1.97. The van der Waals surface area contributed by atoms with Crippen LogP contribution in [0, 0.1) is 11.7 Å². The lowest BCUT2D eigenvalue weighted by Crippen LogP contribution is -2.44. The Morgan fingerprint density at radius 2 is 1.88 bits per heavy atom. The lowest BCUT2D eigenvalue weighted by Gasteiger charge is -2.31. The van der Waals surface area contributed by atoms with Crippen LogP contribution in [0.4, 0.5) is 4.39 Å². The molecule has 24 heavy (non-hydrogen) atoms. The SMILES string of the molecule is O=C(NC[C@H]1CCCO1)C1CCN(C(=O)c2ccc(F)cc2)CC1. The van der Waals surface area contributed by atoms with Gasteiger partial charge in [0.15, 0.2) is 0 Å². The maximum absolute atomic E-state index is 12.9. The Morgan fingerprint density at radius 1 is 1.17 bits per heavy atom. The van der Waals surface area contributed by atoms with Gasteiger partial charge in [-0.25, -0.2) is 4.39 Å². The Morgan fingerprint density at radius 3 is 2.50 bits per heavy atom. The van der Waals surface area contributed by atoms with Gasteiger partial charge in [0, 0.05) is 37.7 Å². The number of rotatable bonds is 4. The highest BCUT2D eigenvalue weighted by Gasteiger charge is 2.28. The zero-order valence-electron chi connectivity index (χ0n) is 13.7. The third-order valence-electron chi connectivity index (χ3n) is 4.77. The maximum Gasteiger partial charge on any atom is 0.253 e. The zero-order valence-corrected chi connectivity index (χ0v) is 13.7. The smallest absolute Gasteiger partial charge is 0.253 e. The first-order valence-electron chi connectivity index (χ1n) is 8.57.